The molecule has 178 valence electrons. The zero-order valence-corrected chi connectivity index (χ0v) is 20.7. The third kappa shape index (κ3) is 5.39. The maximum Gasteiger partial charge on any atom is 0.283 e. The topological polar surface area (TPSA) is 78.5 Å². The minimum atomic E-state index is -0.625. The highest BCUT2D eigenvalue weighted by atomic mass is 35.5. The van der Waals surface area contributed by atoms with E-state index >= 15 is 0 Å². The molecule has 0 saturated carbocycles. The fourth-order valence-corrected chi connectivity index (χ4v) is 4.11. The van der Waals surface area contributed by atoms with E-state index in [1.54, 1.807) is 42.5 Å². The summed E-state index contributed by atoms with van der Waals surface area (Å²) in [5.41, 5.74) is 3.55. The van der Waals surface area contributed by atoms with E-state index in [0.717, 1.165) is 21.6 Å². The highest BCUT2D eigenvalue weighted by molar-refractivity contribution is 6.53. The predicted octanol–water partition coefficient (Wildman–Crippen LogP) is 5.50. The number of nitrogens with zero attached hydrogens (tertiary/aromatic N) is 1. The van der Waals surface area contributed by atoms with Crippen LogP contribution in [-0.2, 0) is 20.8 Å². The number of amides is 3. The number of benzene rings is 3. The van der Waals surface area contributed by atoms with E-state index in [9.17, 15) is 14.4 Å². The molecule has 0 aliphatic carbocycles. The Morgan fingerprint density at radius 1 is 0.943 bits per heavy atom. The Hall–Kier alpha value is -3.61. The molecule has 1 atom stereocenters. The van der Waals surface area contributed by atoms with Gasteiger partial charge in [0.25, 0.3) is 11.8 Å². The number of imide groups is 1. The van der Waals surface area contributed by atoms with Crippen LogP contribution >= 0.6 is 23.2 Å². The van der Waals surface area contributed by atoms with Gasteiger partial charge in [0, 0.05) is 10.7 Å². The van der Waals surface area contributed by atoms with Gasteiger partial charge in [-0.15, -0.1) is 0 Å². The number of halogens is 2. The highest BCUT2D eigenvalue weighted by Crippen LogP contribution is 2.32. The van der Waals surface area contributed by atoms with Crippen molar-refractivity contribution >= 4 is 52.3 Å². The monoisotopic (exact) mass is 507 g/mol. The summed E-state index contributed by atoms with van der Waals surface area (Å²) >= 11 is 12.4. The van der Waals surface area contributed by atoms with Gasteiger partial charge in [-0.05, 0) is 54.8 Å². The summed E-state index contributed by atoms with van der Waals surface area (Å²) < 4.78 is 0. The van der Waals surface area contributed by atoms with Gasteiger partial charge >= 0.3 is 0 Å². The molecule has 2 N–H and O–H groups in total. The van der Waals surface area contributed by atoms with Crippen molar-refractivity contribution in [1.82, 2.24) is 5.32 Å². The van der Waals surface area contributed by atoms with Crippen molar-refractivity contribution in [2.24, 2.45) is 0 Å². The molecule has 1 heterocycles. The Balaban J connectivity index is 1.40. The first kappa shape index (κ1) is 24.5. The van der Waals surface area contributed by atoms with Gasteiger partial charge < -0.3 is 10.6 Å². The molecule has 3 aromatic carbocycles. The van der Waals surface area contributed by atoms with E-state index in [0.29, 0.717) is 16.4 Å². The first-order chi connectivity index (χ1) is 16.7. The Kier molecular flexibility index (Phi) is 7.24. The van der Waals surface area contributed by atoms with E-state index in [2.05, 4.69) is 10.6 Å². The first-order valence-corrected chi connectivity index (χ1v) is 11.7. The maximum absolute atomic E-state index is 13.0. The molecule has 0 bridgehead atoms. The number of hydrogen-bond donors (Lipinski definition) is 2. The SMILES string of the molecule is Cc1ccc(N2C(=O)C(Cl)=C(Nc3ccc(CC(=O)NC(C)c4ccccc4)cc3)C2=O)cc1Cl. The van der Waals surface area contributed by atoms with Gasteiger partial charge in [-0.1, -0.05) is 71.7 Å². The second kappa shape index (κ2) is 10.3. The van der Waals surface area contributed by atoms with E-state index < -0.39 is 11.8 Å². The zero-order chi connectivity index (χ0) is 25.1. The molecular formula is C27H23Cl2N3O3. The van der Waals surface area contributed by atoms with Crippen LogP contribution in [0.25, 0.3) is 0 Å². The van der Waals surface area contributed by atoms with Gasteiger partial charge in [0.15, 0.2) is 0 Å². The average molecular weight is 508 g/mol. The average Bonchev–Trinajstić information content (AvgIpc) is 3.05. The van der Waals surface area contributed by atoms with Crippen molar-refractivity contribution in [3.05, 3.63) is 105 Å². The normalized spacial score (nSPS) is 14.3. The van der Waals surface area contributed by atoms with Crippen molar-refractivity contribution in [3.63, 3.8) is 0 Å². The summed E-state index contributed by atoms with van der Waals surface area (Å²) in [5, 5.41) is 6.16. The van der Waals surface area contributed by atoms with Crippen LogP contribution in [0.2, 0.25) is 5.02 Å². The lowest BCUT2D eigenvalue weighted by Gasteiger charge is -2.16. The van der Waals surface area contributed by atoms with E-state index in [-0.39, 0.29) is 29.1 Å². The molecule has 0 spiro atoms. The van der Waals surface area contributed by atoms with Gasteiger partial charge in [-0.25, -0.2) is 4.90 Å². The van der Waals surface area contributed by atoms with Crippen LogP contribution in [0, 0.1) is 6.92 Å². The van der Waals surface area contributed by atoms with Crippen molar-refractivity contribution < 1.29 is 14.4 Å². The molecule has 0 fully saturated rings. The summed E-state index contributed by atoms with van der Waals surface area (Å²) in [4.78, 5) is 39.1. The van der Waals surface area contributed by atoms with Crippen LogP contribution in [0.5, 0.6) is 0 Å². The van der Waals surface area contributed by atoms with Crippen molar-refractivity contribution in [1.29, 1.82) is 0 Å². The van der Waals surface area contributed by atoms with E-state index in [4.69, 9.17) is 23.2 Å². The molecule has 0 saturated heterocycles. The predicted molar refractivity (Wildman–Crippen MR) is 138 cm³/mol. The minimum absolute atomic E-state index is 0.0180. The number of carbonyl (C=O) groups is 3. The lowest BCUT2D eigenvalue weighted by atomic mass is 10.1. The summed E-state index contributed by atoms with van der Waals surface area (Å²) in [5.74, 6) is -1.30. The maximum atomic E-state index is 13.0. The fraction of sp³-hybridized carbons (Fsp3) is 0.148. The number of nitrogens with one attached hydrogen (secondary N) is 2. The Labute approximate surface area is 213 Å². The first-order valence-electron chi connectivity index (χ1n) is 11.0. The van der Waals surface area contributed by atoms with Crippen LogP contribution in [-0.4, -0.2) is 17.7 Å². The lowest BCUT2D eigenvalue weighted by molar-refractivity contribution is -0.121. The number of aryl methyl sites for hydroxylation is 1. The fourth-order valence-electron chi connectivity index (χ4n) is 3.72. The second-order valence-electron chi connectivity index (χ2n) is 8.27. The number of hydrogen-bond acceptors (Lipinski definition) is 4. The van der Waals surface area contributed by atoms with Crippen LogP contribution in [0.3, 0.4) is 0 Å². The largest absolute Gasteiger partial charge is 0.350 e. The van der Waals surface area contributed by atoms with Crippen LogP contribution in [0.1, 0.15) is 29.7 Å². The zero-order valence-electron chi connectivity index (χ0n) is 19.1. The van der Waals surface area contributed by atoms with Crippen molar-refractivity contribution in [2.45, 2.75) is 26.3 Å². The summed E-state index contributed by atoms with van der Waals surface area (Å²) in [7, 11) is 0. The Morgan fingerprint density at radius 2 is 1.63 bits per heavy atom. The van der Waals surface area contributed by atoms with Gasteiger partial charge in [0.2, 0.25) is 5.91 Å². The number of rotatable bonds is 7. The third-order valence-electron chi connectivity index (χ3n) is 5.71. The molecule has 0 aromatic heterocycles. The van der Waals surface area contributed by atoms with Gasteiger partial charge in [-0.2, -0.15) is 0 Å². The molecule has 0 radical (unpaired) electrons. The molecule has 3 amide bonds. The second-order valence-corrected chi connectivity index (χ2v) is 9.05. The summed E-state index contributed by atoms with van der Waals surface area (Å²) in [6.45, 7) is 3.76. The molecule has 6 nitrogen and oxygen atoms in total. The molecule has 3 aromatic rings. The lowest BCUT2D eigenvalue weighted by Crippen LogP contribution is -2.32. The summed E-state index contributed by atoms with van der Waals surface area (Å²) in [6, 6.07) is 21.6. The van der Waals surface area contributed by atoms with Gasteiger partial charge in [-0.3, -0.25) is 14.4 Å². The van der Waals surface area contributed by atoms with Crippen molar-refractivity contribution in [3.8, 4) is 0 Å². The standard InChI is InChI=1S/C27H23Cl2N3O3/c1-16-8-13-21(15-22(16)28)32-26(34)24(29)25(27(32)35)31-20-11-9-18(10-12-20)14-23(33)30-17(2)19-6-4-3-5-7-19/h3-13,15,17,31H,14H2,1-2H3,(H,30,33). The minimum Gasteiger partial charge on any atom is -0.350 e. The number of carbonyl (C=O) groups excluding carboxylic acids is 3. The quantitative estimate of drug-likeness (QED) is 0.413. The van der Waals surface area contributed by atoms with E-state index in [1.165, 1.54) is 0 Å². The number of anilines is 2. The molecule has 4 rings (SSSR count). The smallest absolute Gasteiger partial charge is 0.283 e. The molecule has 1 aliphatic heterocycles. The third-order valence-corrected chi connectivity index (χ3v) is 6.46. The Bertz CT molecular complexity index is 1320. The molecule has 35 heavy (non-hydrogen) atoms. The van der Waals surface area contributed by atoms with E-state index in [1.807, 2.05) is 44.2 Å². The van der Waals surface area contributed by atoms with Crippen LogP contribution in [0.15, 0.2) is 83.5 Å². The van der Waals surface area contributed by atoms with Crippen LogP contribution in [0.4, 0.5) is 11.4 Å². The highest BCUT2D eigenvalue weighted by Gasteiger charge is 2.39. The van der Waals surface area contributed by atoms with Crippen molar-refractivity contribution in [2.75, 3.05) is 10.2 Å². The summed E-state index contributed by atoms with van der Waals surface area (Å²) in [6.07, 6.45) is 0.209. The molecular weight excluding hydrogens is 485 g/mol. The molecule has 1 unspecified atom stereocenters. The Morgan fingerprint density at radius 3 is 2.29 bits per heavy atom. The molecule has 1 aliphatic rings. The van der Waals surface area contributed by atoms with Crippen LogP contribution < -0.4 is 15.5 Å². The van der Waals surface area contributed by atoms with Gasteiger partial charge in [0.05, 0.1) is 18.2 Å². The molecule has 8 heteroatoms. The van der Waals surface area contributed by atoms with Gasteiger partial charge in [0.1, 0.15) is 10.7 Å².